The van der Waals surface area contributed by atoms with Gasteiger partial charge in [-0.15, -0.1) is 0 Å². The van der Waals surface area contributed by atoms with Crippen molar-refractivity contribution in [2.24, 2.45) is 4.99 Å². The third kappa shape index (κ3) is 4.37. The fraction of sp³-hybridized carbons (Fsp3) is 0.417. The Morgan fingerprint density at radius 2 is 1.94 bits per heavy atom. The van der Waals surface area contributed by atoms with E-state index >= 15 is 0 Å². The molecule has 1 aromatic rings. The van der Waals surface area contributed by atoms with Gasteiger partial charge in [0.1, 0.15) is 0 Å². The third-order valence-electron chi connectivity index (χ3n) is 2.45. The number of benzene rings is 1. The highest BCUT2D eigenvalue weighted by Gasteiger charge is 2.12. The molecule has 0 aliphatic rings. The van der Waals surface area contributed by atoms with Crippen molar-refractivity contribution in [3.05, 3.63) is 30.3 Å². The van der Waals surface area contributed by atoms with Crippen LogP contribution in [0.3, 0.4) is 0 Å². The topological polar surface area (TPSA) is 70.6 Å². The molecule has 0 saturated carbocycles. The SMILES string of the molecule is CN=C(NC)NCCCS(=O)(=O)c1ccccc1. The average molecular weight is 269 g/mol. The molecule has 6 heteroatoms. The summed E-state index contributed by atoms with van der Waals surface area (Å²) in [5, 5.41) is 5.89. The summed E-state index contributed by atoms with van der Waals surface area (Å²) < 4.78 is 23.9. The quantitative estimate of drug-likeness (QED) is 0.468. The summed E-state index contributed by atoms with van der Waals surface area (Å²) in [4.78, 5) is 4.32. The van der Waals surface area contributed by atoms with E-state index in [1.54, 1.807) is 44.4 Å². The van der Waals surface area contributed by atoms with Gasteiger partial charge in [-0.3, -0.25) is 4.99 Å². The van der Waals surface area contributed by atoms with Gasteiger partial charge in [0.05, 0.1) is 10.6 Å². The zero-order valence-corrected chi connectivity index (χ0v) is 11.5. The Labute approximate surface area is 108 Å². The lowest BCUT2D eigenvalue weighted by Crippen LogP contribution is -2.35. The molecular weight excluding hydrogens is 250 g/mol. The van der Waals surface area contributed by atoms with Crippen LogP contribution >= 0.6 is 0 Å². The van der Waals surface area contributed by atoms with Gasteiger partial charge in [-0.25, -0.2) is 8.42 Å². The number of aliphatic imine (C=N–C) groups is 1. The van der Waals surface area contributed by atoms with Crippen molar-refractivity contribution in [3.63, 3.8) is 0 Å². The normalized spacial score (nSPS) is 12.2. The number of rotatable bonds is 5. The van der Waals surface area contributed by atoms with Crippen LogP contribution in [0.2, 0.25) is 0 Å². The highest BCUT2D eigenvalue weighted by molar-refractivity contribution is 7.91. The molecule has 0 bridgehead atoms. The van der Waals surface area contributed by atoms with Crippen molar-refractivity contribution in [2.75, 3.05) is 26.4 Å². The van der Waals surface area contributed by atoms with Gasteiger partial charge in [0, 0.05) is 20.6 Å². The highest BCUT2D eigenvalue weighted by Crippen LogP contribution is 2.10. The molecular formula is C12H19N3O2S. The standard InChI is InChI=1S/C12H19N3O2S/c1-13-12(14-2)15-9-6-10-18(16,17)11-7-4-3-5-8-11/h3-5,7-8H,6,9-10H2,1-2H3,(H2,13,14,15). The molecule has 0 amide bonds. The van der Waals surface area contributed by atoms with Crippen molar-refractivity contribution >= 4 is 15.8 Å². The van der Waals surface area contributed by atoms with E-state index in [9.17, 15) is 8.42 Å². The number of nitrogens with zero attached hydrogens (tertiary/aromatic N) is 1. The Balaban J connectivity index is 2.44. The largest absolute Gasteiger partial charge is 0.359 e. The van der Waals surface area contributed by atoms with Gasteiger partial charge in [-0.2, -0.15) is 0 Å². The smallest absolute Gasteiger partial charge is 0.190 e. The Bertz CT molecular complexity index is 483. The number of sulfone groups is 1. The van der Waals surface area contributed by atoms with Crippen LogP contribution in [-0.2, 0) is 9.84 Å². The van der Waals surface area contributed by atoms with Gasteiger partial charge in [0.15, 0.2) is 15.8 Å². The molecule has 0 aliphatic heterocycles. The molecule has 18 heavy (non-hydrogen) atoms. The predicted molar refractivity (Wildman–Crippen MR) is 73.5 cm³/mol. The molecule has 2 N–H and O–H groups in total. The third-order valence-corrected chi connectivity index (χ3v) is 4.26. The minimum Gasteiger partial charge on any atom is -0.359 e. The molecule has 1 aromatic carbocycles. The number of nitrogens with one attached hydrogen (secondary N) is 2. The maximum absolute atomic E-state index is 11.9. The van der Waals surface area contributed by atoms with Crippen molar-refractivity contribution < 1.29 is 8.42 Å². The van der Waals surface area contributed by atoms with E-state index in [-0.39, 0.29) is 5.75 Å². The Hall–Kier alpha value is -1.56. The predicted octanol–water partition coefficient (Wildman–Crippen LogP) is 0.645. The van der Waals surface area contributed by atoms with Crippen molar-refractivity contribution in [3.8, 4) is 0 Å². The van der Waals surface area contributed by atoms with Crippen LogP contribution in [0, 0.1) is 0 Å². The molecule has 0 heterocycles. The number of hydrogen-bond acceptors (Lipinski definition) is 3. The molecule has 1 rings (SSSR count). The minimum atomic E-state index is -3.17. The van der Waals surface area contributed by atoms with E-state index in [0.29, 0.717) is 23.8 Å². The maximum Gasteiger partial charge on any atom is 0.190 e. The Kier molecular flexibility index (Phi) is 5.64. The summed E-state index contributed by atoms with van der Waals surface area (Å²) in [6.07, 6.45) is 0.540. The van der Waals surface area contributed by atoms with Crippen LogP contribution in [0.5, 0.6) is 0 Å². The van der Waals surface area contributed by atoms with Crippen molar-refractivity contribution in [1.29, 1.82) is 0 Å². The summed E-state index contributed by atoms with van der Waals surface area (Å²) in [7, 11) is 0.254. The van der Waals surface area contributed by atoms with Crippen LogP contribution in [0.4, 0.5) is 0 Å². The molecule has 0 unspecified atom stereocenters. The summed E-state index contributed by atoms with van der Waals surface area (Å²) >= 11 is 0. The van der Waals surface area contributed by atoms with Crippen molar-refractivity contribution in [1.82, 2.24) is 10.6 Å². The molecule has 0 spiro atoms. The second kappa shape index (κ2) is 7.00. The number of guanidine groups is 1. The van der Waals surface area contributed by atoms with Gasteiger partial charge in [0.2, 0.25) is 0 Å². The molecule has 0 aliphatic carbocycles. The van der Waals surface area contributed by atoms with Crippen LogP contribution in [0.25, 0.3) is 0 Å². The van der Waals surface area contributed by atoms with Gasteiger partial charge in [-0.1, -0.05) is 18.2 Å². The lowest BCUT2D eigenvalue weighted by Gasteiger charge is -2.08. The first-order chi connectivity index (χ1) is 8.60. The van der Waals surface area contributed by atoms with Crippen LogP contribution in [0.15, 0.2) is 40.2 Å². The van der Waals surface area contributed by atoms with Crippen LogP contribution in [0.1, 0.15) is 6.42 Å². The summed E-state index contributed by atoms with van der Waals surface area (Å²) in [5.74, 6) is 0.789. The average Bonchev–Trinajstić information content (AvgIpc) is 2.40. The molecule has 100 valence electrons. The van der Waals surface area contributed by atoms with E-state index in [1.807, 2.05) is 0 Å². The van der Waals surface area contributed by atoms with E-state index in [1.165, 1.54) is 0 Å². The van der Waals surface area contributed by atoms with E-state index < -0.39 is 9.84 Å². The molecule has 0 saturated heterocycles. The van der Waals surface area contributed by atoms with Gasteiger partial charge < -0.3 is 10.6 Å². The monoisotopic (exact) mass is 269 g/mol. The fourth-order valence-electron chi connectivity index (χ4n) is 1.49. The minimum absolute atomic E-state index is 0.130. The zero-order valence-electron chi connectivity index (χ0n) is 10.7. The maximum atomic E-state index is 11.9. The van der Waals surface area contributed by atoms with E-state index in [0.717, 1.165) is 0 Å². The summed E-state index contributed by atoms with van der Waals surface area (Å²) in [5.41, 5.74) is 0. The highest BCUT2D eigenvalue weighted by atomic mass is 32.2. The summed E-state index contributed by atoms with van der Waals surface area (Å²) in [6.45, 7) is 0.569. The Morgan fingerprint density at radius 1 is 1.28 bits per heavy atom. The van der Waals surface area contributed by atoms with Gasteiger partial charge in [-0.05, 0) is 18.6 Å². The van der Waals surface area contributed by atoms with Gasteiger partial charge >= 0.3 is 0 Å². The molecule has 0 aromatic heterocycles. The van der Waals surface area contributed by atoms with E-state index in [4.69, 9.17) is 0 Å². The molecule has 0 fully saturated rings. The van der Waals surface area contributed by atoms with E-state index in [2.05, 4.69) is 15.6 Å². The number of hydrogen-bond donors (Lipinski definition) is 2. The fourth-order valence-corrected chi connectivity index (χ4v) is 2.83. The van der Waals surface area contributed by atoms with Crippen LogP contribution in [-0.4, -0.2) is 40.8 Å². The lowest BCUT2D eigenvalue weighted by molar-refractivity contribution is 0.592. The second-order valence-electron chi connectivity index (χ2n) is 3.73. The lowest BCUT2D eigenvalue weighted by atomic mass is 10.4. The molecule has 0 radical (unpaired) electrons. The molecule has 0 atom stereocenters. The van der Waals surface area contributed by atoms with Gasteiger partial charge in [0.25, 0.3) is 0 Å². The Morgan fingerprint density at radius 3 is 2.50 bits per heavy atom. The first-order valence-corrected chi connectivity index (χ1v) is 7.41. The first kappa shape index (κ1) is 14.5. The van der Waals surface area contributed by atoms with Crippen LogP contribution < -0.4 is 10.6 Å². The summed E-state index contributed by atoms with van der Waals surface area (Å²) in [6, 6.07) is 8.50. The first-order valence-electron chi connectivity index (χ1n) is 5.76. The second-order valence-corrected chi connectivity index (χ2v) is 5.84. The zero-order chi connectivity index (χ0) is 13.4. The van der Waals surface area contributed by atoms with Crippen molar-refractivity contribution in [2.45, 2.75) is 11.3 Å². The molecule has 5 nitrogen and oxygen atoms in total.